The Balaban J connectivity index is 2.49. The van der Waals surface area contributed by atoms with Gasteiger partial charge in [0.25, 0.3) is 10.0 Å². The Bertz CT molecular complexity index is 773. The molecular weight excluding hydrogens is 368 g/mol. The van der Waals surface area contributed by atoms with Crippen LogP contribution in [0.2, 0.25) is 5.15 Å². The van der Waals surface area contributed by atoms with Crippen molar-refractivity contribution in [3.05, 3.63) is 33.3 Å². The second-order valence-corrected chi connectivity index (χ2v) is 7.14. The van der Waals surface area contributed by atoms with Gasteiger partial charge in [0.15, 0.2) is 0 Å². The van der Waals surface area contributed by atoms with Crippen LogP contribution in [0.25, 0.3) is 0 Å². The molecule has 2 rings (SSSR count). The summed E-state index contributed by atoms with van der Waals surface area (Å²) in [6.45, 7) is 3.50. The zero-order valence-electron chi connectivity index (χ0n) is 11.0. The fourth-order valence-electron chi connectivity index (χ4n) is 1.70. The minimum atomic E-state index is -3.83. The molecule has 0 aliphatic rings. The predicted molar refractivity (Wildman–Crippen MR) is 80.4 cm³/mol. The van der Waals surface area contributed by atoms with E-state index in [4.69, 9.17) is 11.6 Å². The average Bonchev–Trinajstić information content (AvgIpc) is 2.59. The highest BCUT2D eigenvalue weighted by Crippen LogP contribution is 2.27. The molecule has 108 valence electrons. The van der Waals surface area contributed by atoms with Gasteiger partial charge in [-0.15, -0.1) is 0 Å². The average molecular weight is 380 g/mol. The van der Waals surface area contributed by atoms with Gasteiger partial charge in [-0.05, 0) is 35.8 Å². The lowest BCUT2D eigenvalue weighted by Gasteiger charge is -2.09. The first-order valence-electron chi connectivity index (χ1n) is 5.56. The molecule has 0 aliphatic heterocycles. The van der Waals surface area contributed by atoms with E-state index in [-0.39, 0.29) is 10.0 Å². The Morgan fingerprint density at radius 3 is 2.60 bits per heavy atom. The molecule has 2 aromatic rings. The van der Waals surface area contributed by atoms with Crippen molar-refractivity contribution in [2.45, 2.75) is 18.7 Å². The summed E-state index contributed by atoms with van der Waals surface area (Å²) in [7, 11) is -2.08. The number of rotatable bonds is 3. The molecule has 0 saturated heterocycles. The van der Waals surface area contributed by atoms with Gasteiger partial charge in [0.1, 0.15) is 10.0 Å². The van der Waals surface area contributed by atoms with Crippen molar-refractivity contribution in [1.82, 2.24) is 14.8 Å². The topological polar surface area (TPSA) is 76.9 Å². The SMILES string of the molecule is Cc1nn(C)c(C)c1NS(=O)(=O)c1cc(Br)cnc1Cl. The van der Waals surface area contributed by atoms with E-state index >= 15 is 0 Å². The molecule has 0 fully saturated rings. The fourth-order valence-corrected chi connectivity index (χ4v) is 3.82. The van der Waals surface area contributed by atoms with E-state index in [1.165, 1.54) is 12.3 Å². The summed E-state index contributed by atoms with van der Waals surface area (Å²) in [5.41, 5.74) is 1.75. The van der Waals surface area contributed by atoms with E-state index in [1.54, 1.807) is 25.6 Å². The normalized spacial score (nSPS) is 11.7. The van der Waals surface area contributed by atoms with E-state index in [2.05, 4.69) is 30.7 Å². The molecule has 0 aromatic carbocycles. The van der Waals surface area contributed by atoms with Crippen LogP contribution in [-0.2, 0) is 17.1 Å². The molecule has 0 radical (unpaired) electrons. The first-order valence-corrected chi connectivity index (χ1v) is 8.22. The number of nitrogens with one attached hydrogen (secondary N) is 1. The molecule has 0 saturated carbocycles. The van der Waals surface area contributed by atoms with Crippen molar-refractivity contribution in [2.24, 2.45) is 7.05 Å². The zero-order chi connectivity index (χ0) is 15.1. The molecule has 20 heavy (non-hydrogen) atoms. The summed E-state index contributed by atoms with van der Waals surface area (Å²) < 4.78 is 29.4. The number of nitrogens with zero attached hydrogens (tertiary/aromatic N) is 3. The van der Waals surface area contributed by atoms with Crippen LogP contribution in [0.1, 0.15) is 11.4 Å². The second-order valence-electron chi connectivity index (χ2n) is 4.22. The Morgan fingerprint density at radius 1 is 1.40 bits per heavy atom. The van der Waals surface area contributed by atoms with Crippen LogP contribution in [0.3, 0.4) is 0 Å². The molecule has 2 aromatic heterocycles. The van der Waals surface area contributed by atoms with Gasteiger partial charge < -0.3 is 0 Å². The summed E-state index contributed by atoms with van der Waals surface area (Å²) in [5, 5.41) is 4.08. The monoisotopic (exact) mass is 378 g/mol. The van der Waals surface area contributed by atoms with Crippen LogP contribution in [0.5, 0.6) is 0 Å². The number of halogens is 2. The van der Waals surface area contributed by atoms with E-state index < -0.39 is 10.0 Å². The van der Waals surface area contributed by atoms with Crippen LogP contribution in [0.15, 0.2) is 21.6 Å². The van der Waals surface area contributed by atoms with E-state index in [1.807, 2.05) is 0 Å². The first kappa shape index (κ1) is 15.3. The number of pyridine rings is 1. The second kappa shape index (κ2) is 5.34. The summed E-state index contributed by atoms with van der Waals surface area (Å²) in [6.07, 6.45) is 1.43. The van der Waals surface area contributed by atoms with Crippen LogP contribution in [-0.4, -0.2) is 23.2 Å². The minimum absolute atomic E-state index is 0.0834. The predicted octanol–water partition coefficient (Wildman–Crippen LogP) is 2.65. The first-order chi connectivity index (χ1) is 9.22. The van der Waals surface area contributed by atoms with Crippen molar-refractivity contribution in [2.75, 3.05) is 4.72 Å². The Labute approximate surface area is 130 Å². The molecule has 2 heterocycles. The van der Waals surface area contributed by atoms with Crippen molar-refractivity contribution < 1.29 is 8.42 Å². The van der Waals surface area contributed by atoms with Gasteiger partial charge in [0, 0.05) is 17.7 Å². The summed E-state index contributed by atoms with van der Waals surface area (Å²) in [6, 6.07) is 1.40. The number of anilines is 1. The highest BCUT2D eigenvalue weighted by molar-refractivity contribution is 9.10. The zero-order valence-corrected chi connectivity index (χ0v) is 14.1. The van der Waals surface area contributed by atoms with Gasteiger partial charge in [0.05, 0.1) is 17.1 Å². The fraction of sp³-hybridized carbons (Fsp3) is 0.273. The Hall–Kier alpha value is -1.12. The van der Waals surface area contributed by atoms with Gasteiger partial charge in [0.2, 0.25) is 0 Å². The van der Waals surface area contributed by atoms with Gasteiger partial charge in [-0.2, -0.15) is 5.10 Å². The molecule has 0 unspecified atom stereocenters. The highest BCUT2D eigenvalue weighted by atomic mass is 79.9. The van der Waals surface area contributed by atoms with Gasteiger partial charge in [-0.1, -0.05) is 11.6 Å². The van der Waals surface area contributed by atoms with E-state index in [9.17, 15) is 8.42 Å². The van der Waals surface area contributed by atoms with Crippen LogP contribution < -0.4 is 4.72 Å². The molecule has 0 atom stereocenters. The standard InChI is InChI=1S/C11H12BrClN4O2S/c1-6-10(7(2)17(3)15-6)16-20(18,19)9-4-8(12)5-14-11(9)13/h4-5,16H,1-3H3. The van der Waals surface area contributed by atoms with Crippen molar-refractivity contribution in [1.29, 1.82) is 0 Å². The Kier molecular flexibility index (Phi) is 4.08. The lowest BCUT2D eigenvalue weighted by molar-refractivity contribution is 0.600. The van der Waals surface area contributed by atoms with Gasteiger partial charge >= 0.3 is 0 Å². The summed E-state index contributed by atoms with van der Waals surface area (Å²) in [5.74, 6) is 0. The lowest BCUT2D eigenvalue weighted by atomic mass is 10.3. The largest absolute Gasteiger partial charge is 0.276 e. The molecule has 0 aliphatic carbocycles. The number of hydrogen-bond acceptors (Lipinski definition) is 4. The maximum absolute atomic E-state index is 12.4. The third-order valence-electron chi connectivity index (χ3n) is 2.81. The molecule has 0 amide bonds. The minimum Gasteiger partial charge on any atom is -0.276 e. The van der Waals surface area contributed by atoms with Crippen LogP contribution in [0.4, 0.5) is 5.69 Å². The van der Waals surface area contributed by atoms with Crippen molar-refractivity contribution in [3.63, 3.8) is 0 Å². The van der Waals surface area contributed by atoms with Crippen molar-refractivity contribution in [3.8, 4) is 0 Å². The highest BCUT2D eigenvalue weighted by Gasteiger charge is 2.22. The van der Waals surface area contributed by atoms with E-state index in [0.717, 1.165) is 0 Å². The number of aromatic nitrogens is 3. The lowest BCUT2D eigenvalue weighted by Crippen LogP contribution is -2.15. The molecular formula is C11H12BrClN4O2S. The number of sulfonamides is 1. The molecule has 9 heteroatoms. The smallest absolute Gasteiger partial charge is 0.265 e. The van der Waals surface area contributed by atoms with Gasteiger partial charge in [-0.25, -0.2) is 13.4 Å². The van der Waals surface area contributed by atoms with Crippen molar-refractivity contribution >= 4 is 43.2 Å². The third kappa shape index (κ3) is 2.82. The van der Waals surface area contributed by atoms with E-state index in [0.29, 0.717) is 21.5 Å². The molecule has 1 N–H and O–H groups in total. The van der Waals surface area contributed by atoms with Crippen LogP contribution >= 0.6 is 27.5 Å². The number of hydrogen-bond donors (Lipinski definition) is 1. The summed E-state index contributed by atoms with van der Waals surface area (Å²) >= 11 is 9.04. The quantitative estimate of drug-likeness (QED) is 0.832. The molecule has 6 nitrogen and oxygen atoms in total. The number of aryl methyl sites for hydroxylation is 2. The molecule has 0 spiro atoms. The van der Waals surface area contributed by atoms with Gasteiger partial charge in [-0.3, -0.25) is 9.40 Å². The maximum atomic E-state index is 12.4. The third-order valence-corrected chi connectivity index (χ3v) is 5.02. The maximum Gasteiger partial charge on any atom is 0.265 e. The Morgan fingerprint density at radius 2 is 2.05 bits per heavy atom. The molecule has 0 bridgehead atoms. The summed E-state index contributed by atoms with van der Waals surface area (Å²) in [4.78, 5) is 3.73. The van der Waals surface area contributed by atoms with Crippen LogP contribution in [0, 0.1) is 13.8 Å².